The van der Waals surface area contributed by atoms with Crippen LogP contribution in [-0.4, -0.2) is 37.7 Å². The van der Waals surface area contributed by atoms with Gasteiger partial charge in [0.1, 0.15) is 5.01 Å². The minimum Gasteiger partial charge on any atom is -0.448 e. The number of carbonyl (C=O) groups excluding carboxylic acids is 2. The standard InChI is InChI=1S/C20H17N5O3S/c1-12(18(26)23-16-7-3-6-15-14(16)5-4-8-21-15)28-20(27)17-11-29-19(24-17)13-9-22-25(2)10-13/h3-12H,1-2H3,(H,23,26). The molecule has 0 fully saturated rings. The molecule has 0 spiro atoms. The Morgan fingerprint density at radius 1 is 1.24 bits per heavy atom. The number of fused-ring (bicyclic) bond motifs is 1. The Bertz CT molecular complexity index is 1190. The van der Waals surface area contributed by atoms with E-state index in [0.717, 1.165) is 16.5 Å². The van der Waals surface area contributed by atoms with E-state index in [4.69, 9.17) is 4.74 Å². The molecule has 0 bridgehead atoms. The number of hydrogen-bond donors (Lipinski definition) is 1. The zero-order chi connectivity index (χ0) is 20.4. The Kier molecular flexibility index (Phi) is 5.05. The second-order valence-electron chi connectivity index (χ2n) is 6.35. The molecule has 0 aliphatic rings. The van der Waals surface area contributed by atoms with Crippen LogP contribution in [-0.2, 0) is 16.6 Å². The maximum atomic E-state index is 12.5. The van der Waals surface area contributed by atoms with E-state index in [2.05, 4.69) is 20.4 Å². The molecule has 4 rings (SSSR count). The van der Waals surface area contributed by atoms with E-state index in [1.165, 1.54) is 18.3 Å². The summed E-state index contributed by atoms with van der Waals surface area (Å²) in [5, 5.41) is 9.95. The summed E-state index contributed by atoms with van der Waals surface area (Å²) >= 11 is 1.31. The van der Waals surface area contributed by atoms with E-state index in [-0.39, 0.29) is 5.69 Å². The van der Waals surface area contributed by atoms with Crippen molar-refractivity contribution in [1.82, 2.24) is 19.7 Å². The van der Waals surface area contributed by atoms with Crippen molar-refractivity contribution in [3.8, 4) is 10.6 Å². The van der Waals surface area contributed by atoms with Gasteiger partial charge in [0.2, 0.25) is 0 Å². The quantitative estimate of drug-likeness (QED) is 0.510. The third kappa shape index (κ3) is 3.99. The van der Waals surface area contributed by atoms with Crippen LogP contribution < -0.4 is 5.32 Å². The van der Waals surface area contributed by atoms with E-state index in [1.807, 2.05) is 18.3 Å². The fraction of sp³-hybridized carbons (Fsp3) is 0.150. The van der Waals surface area contributed by atoms with E-state index in [0.29, 0.717) is 10.7 Å². The van der Waals surface area contributed by atoms with Crippen molar-refractivity contribution >= 4 is 39.8 Å². The van der Waals surface area contributed by atoms with Crippen molar-refractivity contribution < 1.29 is 14.3 Å². The van der Waals surface area contributed by atoms with Gasteiger partial charge in [-0.3, -0.25) is 14.5 Å². The van der Waals surface area contributed by atoms with Crippen LogP contribution in [0.2, 0.25) is 0 Å². The van der Waals surface area contributed by atoms with Gasteiger partial charge in [0.15, 0.2) is 11.8 Å². The number of esters is 1. The fourth-order valence-corrected chi connectivity index (χ4v) is 3.52. The molecule has 146 valence electrons. The molecule has 0 radical (unpaired) electrons. The predicted octanol–water partition coefficient (Wildman–Crippen LogP) is 3.28. The van der Waals surface area contributed by atoms with Gasteiger partial charge in [-0.2, -0.15) is 5.10 Å². The average molecular weight is 407 g/mol. The number of hydrogen-bond acceptors (Lipinski definition) is 7. The molecular formula is C20H17N5O3S. The van der Waals surface area contributed by atoms with Gasteiger partial charge < -0.3 is 10.1 Å². The molecular weight excluding hydrogens is 390 g/mol. The highest BCUT2D eigenvalue weighted by molar-refractivity contribution is 7.13. The minimum absolute atomic E-state index is 0.155. The monoisotopic (exact) mass is 407 g/mol. The summed E-state index contributed by atoms with van der Waals surface area (Å²) in [6.45, 7) is 1.52. The van der Waals surface area contributed by atoms with Gasteiger partial charge in [0, 0.05) is 35.8 Å². The van der Waals surface area contributed by atoms with E-state index >= 15 is 0 Å². The minimum atomic E-state index is -0.988. The lowest BCUT2D eigenvalue weighted by Crippen LogP contribution is -2.30. The van der Waals surface area contributed by atoms with E-state index in [1.54, 1.807) is 47.7 Å². The first kappa shape index (κ1) is 18.8. The number of nitrogens with one attached hydrogen (secondary N) is 1. The highest BCUT2D eigenvalue weighted by atomic mass is 32.1. The van der Waals surface area contributed by atoms with E-state index < -0.39 is 18.0 Å². The number of anilines is 1. The first-order valence-corrected chi connectivity index (χ1v) is 9.69. The largest absolute Gasteiger partial charge is 0.448 e. The molecule has 0 saturated carbocycles. The Morgan fingerprint density at radius 2 is 2.10 bits per heavy atom. The number of amides is 1. The summed E-state index contributed by atoms with van der Waals surface area (Å²) in [6, 6.07) is 9.10. The Hall–Kier alpha value is -3.59. The summed E-state index contributed by atoms with van der Waals surface area (Å²) in [5.41, 5.74) is 2.34. The van der Waals surface area contributed by atoms with Gasteiger partial charge in [-0.05, 0) is 31.2 Å². The van der Waals surface area contributed by atoms with Gasteiger partial charge in [-0.15, -0.1) is 11.3 Å². The van der Waals surface area contributed by atoms with Gasteiger partial charge in [-0.1, -0.05) is 6.07 Å². The molecule has 1 amide bonds. The summed E-state index contributed by atoms with van der Waals surface area (Å²) in [4.78, 5) is 33.4. The van der Waals surface area contributed by atoms with Crippen LogP contribution in [0.4, 0.5) is 5.69 Å². The molecule has 1 unspecified atom stereocenters. The molecule has 1 atom stereocenters. The van der Waals surface area contributed by atoms with Crippen molar-refractivity contribution in [1.29, 1.82) is 0 Å². The molecule has 0 aliphatic heterocycles. The fourth-order valence-electron chi connectivity index (χ4n) is 2.75. The number of aromatic nitrogens is 4. The molecule has 1 aromatic carbocycles. The van der Waals surface area contributed by atoms with Crippen LogP contribution in [0.5, 0.6) is 0 Å². The highest BCUT2D eigenvalue weighted by Gasteiger charge is 2.22. The Labute approximate surface area is 170 Å². The first-order valence-electron chi connectivity index (χ1n) is 8.81. The normalized spacial score (nSPS) is 11.9. The van der Waals surface area contributed by atoms with Crippen molar-refractivity contribution in [3.05, 3.63) is 60.0 Å². The number of carbonyl (C=O) groups is 2. The van der Waals surface area contributed by atoms with E-state index in [9.17, 15) is 9.59 Å². The van der Waals surface area contributed by atoms with Crippen LogP contribution in [0.1, 0.15) is 17.4 Å². The third-order valence-corrected chi connectivity index (χ3v) is 5.11. The highest BCUT2D eigenvalue weighted by Crippen LogP contribution is 2.24. The number of benzene rings is 1. The lowest BCUT2D eigenvalue weighted by Gasteiger charge is -2.14. The van der Waals surface area contributed by atoms with Gasteiger partial charge in [0.05, 0.1) is 17.4 Å². The first-order chi connectivity index (χ1) is 14.0. The lowest BCUT2D eigenvalue weighted by molar-refractivity contribution is -0.123. The third-order valence-electron chi connectivity index (χ3n) is 4.22. The van der Waals surface area contributed by atoms with Gasteiger partial charge in [-0.25, -0.2) is 9.78 Å². The predicted molar refractivity (Wildman–Crippen MR) is 110 cm³/mol. The van der Waals surface area contributed by atoms with Crippen LogP contribution in [0.15, 0.2) is 54.3 Å². The number of thiazole rings is 1. The summed E-state index contributed by atoms with van der Waals surface area (Å²) < 4.78 is 6.95. The molecule has 3 heterocycles. The van der Waals surface area contributed by atoms with Crippen LogP contribution >= 0.6 is 11.3 Å². The number of aryl methyl sites for hydroxylation is 1. The van der Waals surface area contributed by atoms with Crippen molar-refractivity contribution in [2.45, 2.75) is 13.0 Å². The number of pyridine rings is 1. The van der Waals surface area contributed by atoms with Gasteiger partial charge >= 0.3 is 5.97 Å². The lowest BCUT2D eigenvalue weighted by atomic mass is 10.2. The maximum Gasteiger partial charge on any atom is 0.358 e. The Morgan fingerprint density at radius 3 is 2.90 bits per heavy atom. The molecule has 29 heavy (non-hydrogen) atoms. The maximum absolute atomic E-state index is 12.5. The topological polar surface area (TPSA) is 99.0 Å². The molecule has 4 aromatic rings. The summed E-state index contributed by atoms with van der Waals surface area (Å²) in [5.74, 6) is -1.09. The average Bonchev–Trinajstić information content (AvgIpc) is 3.37. The SMILES string of the molecule is CC(OC(=O)c1csc(-c2cnn(C)c2)n1)C(=O)Nc1cccc2ncccc12. The second-order valence-corrected chi connectivity index (χ2v) is 7.21. The van der Waals surface area contributed by atoms with Crippen LogP contribution in [0.25, 0.3) is 21.5 Å². The molecule has 0 aliphatic carbocycles. The van der Waals surface area contributed by atoms with Gasteiger partial charge in [0.25, 0.3) is 5.91 Å². The van der Waals surface area contributed by atoms with Crippen molar-refractivity contribution in [2.24, 2.45) is 7.05 Å². The number of ether oxygens (including phenoxy) is 1. The molecule has 0 saturated heterocycles. The second kappa shape index (κ2) is 7.80. The van der Waals surface area contributed by atoms with Crippen molar-refractivity contribution in [2.75, 3.05) is 5.32 Å². The number of nitrogens with zero attached hydrogens (tertiary/aromatic N) is 4. The zero-order valence-corrected chi connectivity index (χ0v) is 16.5. The summed E-state index contributed by atoms with van der Waals surface area (Å²) in [7, 11) is 1.80. The zero-order valence-electron chi connectivity index (χ0n) is 15.7. The van der Waals surface area contributed by atoms with Crippen LogP contribution in [0, 0.1) is 0 Å². The molecule has 8 nitrogen and oxygen atoms in total. The van der Waals surface area contributed by atoms with Crippen molar-refractivity contribution in [3.63, 3.8) is 0 Å². The molecule has 1 N–H and O–H groups in total. The smallest absolute Gasteiger partial charge is 0.358 e. The summed E-state index contributed by atoms with van der Waals surface area (Å²) in [6.07, 6.45) is 4.18. The number of rotatable bonds is 5. The molecule has 3 aromatic heterocycles. The van der Waals surface area contributed by atoms with Crippen LogP contribution in [0.3, 0.4) is 0 Å². The molecule has 9 heteroatoms. The Balaban J connectivity index is 1.43.